The van der Waals surface area contributed by atoms with Crippen LogP contribution in [0.3, 0.4) is 0 Å². The molecule has 2 N–H and O–H groups in total. The summed E-state index contributed by atoms with van der Waals surface area (Å²) in [6.07, 6.45) is 3.14. The molecule has 1 amide bonds. The largest absolute Gasteiger partial charge is 0.341 e. The van der Waals surface area contributed by atoms with Crippen molar-refractivity contribution in [3.05, 3.63) is 33.8 Å². The van der Waals surface area contributed by atoms with Gasteiger partial charge < -0.3 is 10.6 Å². The van der Waals surface area contributed by atoms with Gasteiger partial charge in [0, 0.05) is 25.6 Å². The van der Waals surface area contributed by atoms with Crippen LogP contribution >= 0.6 is 35.6 Å². The molecule has 1 atom stereocenters. The van der Waals surface area contributed by atoms with E-state index in [1.807, 2.05) is 17.0 Å². The molecule has 0 radical (unpaired) electrons. The van der Waals surface area contributed by atoms with Crippen LogP contribution in [0.2, 0.25) is 10.0 Å². The molecule has 3 nitrogen and oxygen atoms in total. The monoisotopic (exact) mass is 336 g/mol. The smallest absolute Gasteiger partial charge is 0.222 e. The van der Waals surface area contributed by atoms with Crippen LogP contribution in [0.1, 0.15) is 24.8 Å². The summed E-state index contributed by atoms with van der Waals surface area (Å²) < 4.78 is 0. The van der Waals surface area contributed by atoms with E-state index in [1.165, 1.54) is 0 Å². The zero-order chi connectivity index (χ0) is 13.8. The van der Waals surface area contributed by atoms with Crippen molar-refractivity contribution >= 4 is 41.5 Å². The summed E-state index contributed by atoms with van der Waals surface area (Å²) >= 11 is 11.8. The zero-order valence-corrected chi connectivity index (χ0v) is 13.5. The lowest BCUT2D eigenvalue weighted by molar-refractivity contribution is -0.130. The first-order valence-electron chi connectivity index (χ1n) is 6.53. The third-order valence-electron chi connectivity index (χ3n) is 3.42. The Bertz CT molecular complexity index is 468. The van der Waals surface area contributed by atoms with Gasteiger partial charge in [-0.05, 0) is 37.0 Å². The van der Waals surface area contributed by atoms with Crippen molar-refractivity contribution in [1.82, 2.24) is 4.90 Å². The van der Waals surface area contributed by atoms with Crippen molar-refractivity contribution in [2.24, 2.45) is 5.73 Å². The van der Waals surface area contributed by atoms with E-state index in [2.05, 4.69) is 0 Å². The SMILES string of the molecule is Cl.N[C@@H]1CCN(C(=O)CCCc2ccc(Cl)c(Cl)c2)C1. The van der Waals surface area contributed by atoms with Crippen LogP contribution in [-0.4, -0.2) is 29.9 Å². The molecule has 1 aliphatic rings. The third kappa shape index (κ3) is 4.81. The average molecular weight is 338 g/mol. The third-order valence-corrected chi connectivity index (χ3v) is 4.16. The molecule has 1 fully saturated rings. The van der Waals surface area contributed by atoms with Gasteiger partial charge in [0.15, 0.2) is 0 Å². The first-order valence-corrected chi connectivity index (χ1v) is 7.29. The summed E-state index contributed by atoms with van der Waals surface area (Å²) in [5.74, 6) is 0.202. The highest BCUT2D eigenvalue weighted by atomic mass is 35.5. The summed E-state index contributed by atoms with van der Waals surface area (Å²) in [6, 6.07) is 5.75. The molecular weight excluding hydrogens is 319 g/mol. The van der Waals surface area contributed by atoms with Crippen LogP contribution in [0.15, 0.2) is 18.2 Å². The number of amides is 1. The minimum atomic E-state index is 0. The topological polar surface area (TPSA) is 46.3 Å². The standard InChI is InChI=1S/C14H18Cl2N2O.ClH/c15-12-5-4-10(8-13(12)16)2-1-3-14(19)18-7-6-11(17)9-18;/h4-5,8,11H,1-3,6-7,9,17H2;1H/t11-;/m1./s1. The molecule has 6 heteroatoms. The Morgan fingerprint density at radius 3 is 2.70 bits per heavy atom. The van der Waals surface area contributed by atoms with Crippen molar-refractivity contribution in [2.45, 2.75) is 31.7 Å². The number of likely N-dealkylation sites (tertiary alicyclic amines) is 1. The summed E-state index contributed by atoms with van der Waals surface area (Å²) in [7, 11) is 0. The predicted octanol–water partition coefficient (Wildman–Crippen LogP) is 3.30. The molecule has 1 aliphatic heterocycles. The maximum absolute atomic E-state index is 11.9. The van der Waals surface area contributed by atoms with E-state index in [-0.39, 0.29) is 24.4 Å². The molecule has 20 heavy (non-hydrogen) atoms. The minimum absolute atomic E-state index is 0. The minimum Gasteiger partial charge on any atom is -0.341 e. The van der Waals surface area contributed by atoms with Gasteiger partial charge in [-0.3, -0.25) is 4.79 Å². The second kappa shape index (κ2) is 8.08. The number of hydrogen-bond acceptors (Lipinski definition) is 2. The lowest BCUT2D eigenvalue weighted by Gasteiger charge is -2.15. The van der Waals surface area contributed by atoms with E-state index in [9.17, 15) is 4.79 Å². The molecule has 112 valence electrons. The quantitative estimate of drug-likeness (QED) is 0.916. The first-order chi connectivity index (χ1) is 9.06. The Kier molecular flexibility index (Phi) is 7.10. The van der Waals surface area contributed by atoms with Gasteiger partial charge in [0.2, 0.25) is 5.91 Å². The van der Waals surface area contributed by atoms with Gasteiger partial charge in [-0.25, -0.2) is 0 Å². The fourth-order valence-corrected chi connectivity index (χ4v) is 2.63. The van der Waals surface area contributed by atoms with Crippen LogP contribution < -0.4 is 5.73 Å². The molecule has 0 bridgehead atoms. The number of nitrogens with two attached hydrogens (primary N) is 1. The summed E-state index contributed by atoms with van der Waals surface area (Å²) in [6.45, 7) is 1.50. The Balaban J connectivity index is 0.00000200. The fourth-order valence-electron chi connectivity index (χ4n) is 2.31. The number of rotatable bonds is 4. The van der Waals surface area contributed by atoms with Crippen LogP contribution in [0.4, 0.5) is 0 Å². The Morgan fingerprint density at radius 1 is 1.35 bits per heavy atom. The second-order valence-corrected chi connectivity index (χ2v) is 5.80. The van der Waals surface area contributed by atoms with E-state index < -0.39 is 0 Å². The van der Waals surface area contributed by atoms with Crippen molar-refractivity contribution in [1.29, 1.82) is 0 Å². The van der Waals surface area contributed by atoms with Crippen LogP contribution in [0.5, 0.6) is 0 Å². The van der Waals surface area contributed by atoms with E-state index in [0.717, 1.165) is 31.4 Å². The van der Waals surface area contributed by atoms with Crippen LogP contribution in [0, 0.1) is 0 Å². The molecule has 0 unspecified atom stereocenters. The number of nitrogens with zero attached hydrogens (tertiary/aromatic N) is 1. The van der Waals surface area contributed by atoms with Crippen LogP contribution in [-0.2, 0) is 11.2 Å². The molecule has 1 aromatic rings. The zero-order valence-electron chi connectivity index (χ0n) is 11.1. The second-order valence-electron chi connectivity index (χ2n) is 4.99. The van der Waals surface area contributed by atoms with Crippen LogP contribution in [0.25, 0.3) is 0 Å². The van der Waals surface area contributed by atoms with Gasteiger partial charge in [-0.1, -0.05) is 29.3 Å². The number of halogens is 3. The maximum Gasteiger partial charge on any atom is 0.222 e. The number of carbonyl (C=O) groups excluding carboxylic acids is 1. The van der Waals surface area contributed by atoms with Gasteiger partial charge in [0.1, 0.15) is 0 Å². The first kappa shape index (κ1) is 17.6. The highest BCUT2D eigenvalue weighted by Crippen LogP contribution is 2.23. The van der Waals surface area contributed by atoms with Gasteiger partial charge >= 0.3 is 0 Å². The van der Waals surface area contributed by atoms with E-state index in [4.69, 9.17) is 28.9 Å². The lowest BCUT2D eigenvalue weighted by Crippen LogP contribution is -2.31. The number of aryl methyl sites for hydroxylation is 1. The summed E-state index contributed by atoms with van der Waals surface area (Å²) in [5.41, 5.74) is 6.90. The number of hydrogen-bond donors (Lipinski definition) is 1. The summed E-state index contributed by atoms with van der Waals surface area (Å²) in [5, 5.41) is 1.13. The molecular formula is C14H19Cl3N2O. The van der Waals surface area contributed by atoms with Gasteiger partial charge in [-0.15, -0.1) is 12.4 Å². The Labute approximate surface area is 135 Å². The number of carbonyl (C=O) groups is 1. The predicted molar refractivity (Wildman–Crippen MR) is 85.8 cm³/mol. The maximum atomic E-state index is 11.9. The fraction of sp³-hybridized carbons (Fsp3) is 0.500. The van der Waals surface area contributed by atoms with Gasteiger partial charge in [-0.2, -0.15) is 0 Å². The normalized spacial score (nSPS) is 17.9. The van der Waals surface area contributed by atoms with Gasteiger partial charge in [0.05, 0.1) is 10.0 Å². The molecule has 1 saturated heterocycles. The Hall–Kier alpha value is -0.480. The molecule has 1 aromatic carbocycles. The van der Waals surface area contributed by atoms with Crippen molar-refractivity contribution in [2.75, 3.05) is 13.1 Å². The lowest BCUT2D eigenvalue weighted by atomic mass is 10.1. The summed E-state index contributed by atoms with van der Waals surface area (Å²) in [4.78, 5) is 13.8. The van der Waals surface area contributed by atoms with E-state index in [1.54, 1.807) is 6.07 Å². The van der Waals surface area contributed by atoms with Crippen molar-refractivity contribution in [3.63, 3.8) is 0 Å². The van der Waals surface area contributed by atoms with Crippen molar-refractivity contribution < 1.29 is 4.79 Å². The highest BCUT2D eigenvalue weighted by Gasteiger charge is 2.22. The molecule has 0 spiro atoms. The van der Waals surface area contributed by atoms with E-state index >= 15 is 0 Å². The average Bonchev–Trinajstić information content (AvgIpc) is 2.80. The molecule has 1 heterocycles. The van der Waals surface area contributed by atoms with Gasteiger partial charge in [0.25, 0.3) is 0 Å². The van der Waals surface area contributed by atoms with E-state index in [0.29, 0.717) is 23.0 Å². The Morgan fingerprint density at radius 2 is 2.10 bits per heavy atom. The highest BCUT2D eigenvalue weighted by molar-refractivity contribution is 6.42. The molecule has 0 saturated carbocycles. The molecule has 0 aromatic heterocycles. The molecule has 2 rings (SSSR count). The number of benzene rings is 1. The van der Waals surface area contributed by atoms with Crippen molar-refractivity contribution in [3.8, 4) is 0 Å². The molecule has 0 aliphatic carbocycles.